The minimum Gasteiger partial charge on any atom is -0.481 e. The van der Waals surface area contributed by atoms with Crippen molar-refractivity contribution in [2.24, 2.45) is 0 Å². The van der Waals surface area contributed by atoms with E-state index in [0.29, 0.717) is 12.8 Å². The molecule has 2 nitrogen and oxygen atoms in total. The second kappa shape index (κ2) is 3.87. The molecule has 1 fully saturated rings. The molecular formula is C9H15FO2. The van der Waals surface area contributed by atoms with Crippen LogP contribution in [-0.4, -0.2) is 16.7 Å². The summed E-state index contributed by atoms with van der Waals surface area (Å²) in [6.45, 7) is 0. The molecule has 0 amide bonds. The highest BCUT2D eigenvalue weighted by atomic mass is 19.1. The number of rotatable bonds is 2. The van der Waals surface area contributed by atoms with Gasteiger partial charge in [-0.15, -0.1) is 0 Å². The molecule has 0 unspecified atom stereocenters. The largest absolute Gasteiger partial charge is 0.481 e. The lowest BCUT2D eigenvalue weighted by Crippen LogP contribution is -2.25. The van der Waals surface area contributed by atoms with E-state index in [9.17, 15) is 9.18 Å². The van der Waals surface area contributed by atoms with Gasteiger partial charge in [0.15, 0.2) is 0 Å². The molecular weight excluding hydrogens is 159 g/mol. The molecule has 0 radical (unpaired) electrons. The van der Waals surface area contributed by atoms with Crippen LogP contribution in [0.5, 0.6) is 0 Å². The molecule has 0 heterocycles. The molecule has 70 valence electrons. The van der Waals surface area contributed by atoms with Crippen LogP contribution in [0.25, 0.3) is 0 Å². The van der Waals surface area contributed by atoms with Gasteiger partial charge in [-0.1, -0.05) is 25.7 Å². The summed E-state index contributed by atoms with van der Waals surface area (Å²) >= 11 is 0. The summed E-state index contributed by atoms with van der Waals surface area (Å²) in [6.07, 6.45) is 4.32. The van der Waals surface area contributed by atoms with Crippen molar-refractivity contribution in [2.45, 2.75) is 50.6 Å². The van der Waals surface area contributed by atoms with Crippen LogP contribution < -0.4 is 0 Å². The van der Waals surface area contributed by atoms with E-state index in [4.69, 9.17) is 5.11 Å². The van der Waals surface area contributed by atoms with Crippen LogP contribution in [0.4, 0.5) is 4.39 Å². The summed E-state index contributed by atoms with van der Waals surface area (Å²) in [4.78, 5) is 10.3. The predicted octanol–water partition coefficient (Wildman–Crippen LogP) is 2.52. The number of carboxylic acids is 1. The zero-order valence-corrected chi connectivity index (χ0v) is 7.18. The summed E-state index contributed by atoms with van der Waals surface area (Å²) < 4.78 is 13.7. The number of halogens is 1. The number of hydrogen-bond donors (Lipinski definition) is 1. The molecule has 0 aromatic carbocycles. The molecule has 0 atom stereocenters. The number of carbonyl (C=O) groups is 1. The molecule has 0 aliphatic heterocycles. The van der Waals surface area contributed by atoms with Gasteiger partial charge < -0.3 is 5.11 Å². The lowest BCUT2D eigenvalue weighted by Gasteiger charge is -2.20. The van der Waals surface area contributed by atoms with Crippen molar-refractivity contribution in [1.29, 1.82) is 0 Å². The third-order valence-corrected chi connectivity index (χ3v) is 2.47. The van der Waals surface area contributed by atoms with E-state index in [1.807, 2.05) is 0 Å². The topological polar surface area (TPSA) is 37.3 Å². The fourth-order valence-electron chi connectivity index (χ4n) is 1.81. The van der Waals surface area contributed by atoms with Crippen molar-refractivity contribution in [1.82, 2.24) is 0 Å². The van der Waals surface area contributed by atoms with Gasteiger partial charge in [0.05, 0.1) is 6.42 Å². The van der Waals surface area contributed by atoms with Crippen LogP contribution in [0.2, 0.25) is 0 Å². The quantitative estimate of drug-likeness (QED) is 0.653. The first-order valence-corrected chi connectivity index (χ1v) is 4.53. The lowest BCUT2D eigenvalue weighted by molar-refractivity contribution is -0.140. The van der Waals surface area contributed by atoms with Gasteiger partial charge in [-0.25, -0.2) is 4.39 Å². The molecule has 0 aromatic heterocycles. The Morgan fingerprint density at radius 1 is 1.25 bits per heavy atom. The Labute approximate surface area is 71.8 Å². The van der Waals surface area contributed by atoms with E-state index >= 15 is 0 Å². The van der Waals surface area contributed by atoms with Crippen LogP contribution in [0.1, 0.15) is 44.9 Å². The summed E-state index contributed by atoms with van der Waals surface area (Å²) in [7, 11) is 0. The summed E-state index contributed by atoms with van der Waals surface area (Å²) in [5, 5.41) is 8.48. The van der Waals surface area contributed by atoms with Crippen molar-refractivity contribution in [3.05, 3.63) is 0 Å². The third kappa shape index (κ3) is 2.80. The zero-order valence-electron chi connectivity index (χ0n) is 7.18. The van der Waals surface area contributed by atoms with Gasteiger partial charge in [-0.05, 0) is 12.8 Å². The van der Waals surface area contributed by atoms with Gasteiger partial charge in [0, 0.05) is 0 Å². The minimum absolute atomic E-state index is 0.312. The molecule has 0 aromatic rings. The maximum atomic E-state index is 13.7. The molecule has 1 rings (SSSR count). The van der Waals surface area contributed by atoms with Gasteiger partial charge >= 0.3 is 5.97 Å². The first-order valence-electron chi connectivity index (χ1n) is 4.53. The number of carboxylic acid groups (broad SMARTS) is 1. The van der Waals surface area contributed by atoms with E-state index in [0.717, 1.165) is 25.7 Å². The number of hydrogen-bond acceptors (Lipinski definition) is 1. The standard InChI is InChI=1S/C9H15FO2/c10-9(7-8(11)12)5-3-1-2-4-6-9/h1-7H2,(H,11,12). The van der Waals surface area contributed by atoms with E-state index in [1.165, 1.54) is 0 Å². The Morgan fingerprint density at radius 2 is 1.75 bits per heavy atom. The van der Waals surface area contributed by atoms with Gasteiger partial charge in [0.1, 0.15) is 5.67 Å². The van der Waals surface area contributed by atoms with Gasteiger partial charge in [0.25, 0.3) is 0 Å². The second-order valence-electron chi connectivity index (χ2n) is 3.64. The Hall–Kier alpha value is -0.600. The van der Waals surface area contributed by atoms with Crippen molar-refractivity contribution in [3.63, 3.8) is 0 Å². The first-order chi connectivity index (χ1) is 5.62. The average molecular weight is 174 g/mol. The Bertz CT molecular complexity index is 160. The molecule has 0 saturated heterocycles. The molecule has 1 aliphatic rings. The molecule has 1 N–H and O–H groups in total. The minimum atomic E-state index is -1.41. The molecule has 0 bridgehead atoms. The summed E-state index contributed by atoms with van der Waals surface area (Å²) in [6, 6.07) is 0. The van der Waals surface area contributed by atoms with Crippen LogP contribution in [-0.2, 0) is 4.79 Å². The Morgan fingerprint density at radius 3 is 2.17 bits per heavy atom. The van der Waals surface area contributed by atoms with E-state index in [1.54, 1.807) is 0 Å². The first kappa shape index (κ1) is 9.49. The fraction of sp³-hybridized carbons (Fsp3) is 0.889. The van der Waals surface area contributed by atoms with Crippen LogP contribution in [0, 0.1) is 0 Å². The van der Waals surface area contributed by atoms with Crippen LogP contribution in [0.3, 0.4) is 0 Å². The van der Waals surface area contributed by atoms with Crippen LogP contribution in [0.15, 0.2) is 0 Å². The average Bonchev–Trinajstić information content (AvgIpc) is 2.12. The molecule has 0 spiro atoms. The highest BCUT2D eigenvalue weighted by Crippen LogP contribution is 2.33. The smallest absolute Gasteiger partial charge is 0.306 e. The SMILES string of the molecule is O=C(O)CC1(F)CCCCCC1. The van der Waals surface area contributed by atoms with E-state index in [2.05, 4.69) is 0 Å². The maximum absolute atomic E-state index is 13.7. The van der Waals surface area contributed by atoms with Gasteiger partial charge in [-0.3, -0.25) is 4.79 Å². The van der Waals surface area contributed by atoms with Crippen molar-refractivity contribution < 1.29 is 14.3 Å². The Kier molecular flexibility index (Phi) is 3.06. The highest BCUT2D eigenvalue weighted by Gasteiger charge is 2.32. The molecule has 1 aliphatic carbocycles. The number of aliphatic carboxylic acids is 1. The molecule has 1 saturated carbocycles. The van der Waals surface area contributed by atoms with Crippen LogP contribution >= 0.6 is 0 Å². The van der Waals surface area contributed by atoms with Gasteiger partial charge in [0.2, 0.25) is 0 Å². The van der Waals surface area contributed by atoms with Crippen molar-refractivity contribution in [2.75, 3.05) is 0 Å². The molecule has 12 heavy (non-hydrogen) atoms. The van der Waals surface area contributed by atoms with E-state index in [-0.39, 0.29) is 6.42 Å². The maximum Gasteiger partial charge on any atom is 0.306 e. The highest BCUT2D eigenvalue weighted by molar-refractivity contribution is 5.68. The van der Waals surface area contributed by atoms with Crippen molar-refractivity contribution >= 4 is 5.97 Å². The summed E-state index contributed by atoms with van der Waals surface area (Å²) in [5.74, 6) is -1.01. The normalized spacial score (nSPS) is 23.1. The zero-order chi connectivity index (χ0) is 9.03. The Balaban J connectivity index is 2.48. The van der Waals surface area contributed by atoms with Crippen molar-refractivity contribution in [3.8, 4) is 0 Å². The van der Waals surface area contributed by atoms with E-state index < -0.39 is 11.6 Å². The third-order valence-electron chi connectivity index (χ3n) is 2.47. The predicted molar refractivity (Wildman–Crippen MR) is 43.8 cm³/mol. The van der Waals surface area contributed by atoms with Gasteiger partial charge in [-0.2, -0.15) is 0 Å². The fourth-order valence-corrected chi connectivity index (χ4v) is 1.81. The monoisotopic (exact) mass is 174 g/mol. The molecule has 3 heteroatoms. The lowest BCUT2D eigenvalue weighted by atomic mass is 9.93. The second-order valence-corrected chi connectivity index (χ2v) is 3.64. The summed E-state index contributed by atoms with van der Waals surface area (Å²) in [5.41, 5.74) is -1.41. The number of alkyl halides is 1.